The summed E-state index contributed by atoms with van der Waals surface area (Å²) in [6, 6.07) is 12.4. The SMILES string of the molecule is Cc1ccc(NCCc2ccccc2C=O)c([N+](=O)[O-])c1. The minimum atomic E-state index is -0.394. The number of carbonyl (C=O) groups is 1. The van der Waals surface area contributed by atoms with Crippen LogP contribution in [0.4, 0.5) is 11.4 Å². The van der Waals surface area contributed by atoms with E-state index in [4.69, 9.17) is 0 Å². The predicted octanol–water partition coefficient (Wildman–Crippen LogP) is 3.37. The first kappa shape index (κ1) is 14.7. The molecule has 0 aliphatic heterocycles. The Bertz CT molecular complexity index is 668. The van der Waals surface area contributed by atoms with Crippen LogP contribution >= 0.6 is 0 Å². The molecule has 0 aliphatic rings. The van der Waals surface area contributed by atoms with Gasteiger partial charge in [0.05, 0.1) is 4.92 Å². The highest BCUT2D eigenvalue weighted by Gasteiger charge is 2.13. The third-order valence-electron chi connectivity index (χ3n) is 3.24. The molecule has 0 aliphatic carbocycles. The fraction of sp³-hybridized carbons (Fsp3) is 0.188. The lowest BCUT2D eigenvalue weighted by Crippen LogP contribution is -2.08. The number of nitrogens with one attached hydrogen (secondary N) is 1. The number of hydrogen-bond acceptors (Lipinski definition) is 4. The van der Waals surface area contributed by atoms with Crippen LogP contribution in [0, 0.1) is 17.0 Å². The van der Waals surface area contributed by atoms with Crippen LogP contribution in [-0.4, -0.2) is 17.8 Å². The molecule has 0 saturated carbocycles. The minimum absolute atomic E-state index is 0.0682. The van der Waals surface area contributed by atoms with Crippen LogP contribution in [-0.2, 0) is 6.42 Å². The summed E-state index contributed by atoms with van der Waals surface area (Å²) in [4.78, 5) is 21.6. The molecule has 0 aromatic heterocycles. The Morgan fingerprint density at radius 1 is 1.24 bits per heavy atom. The zero-order chi connectivity index (χ0) is 15.2. The average molecular weight is 284 g/mol. The van der Waals surface area contributed by atoms with Gasteiger partial charge in [-0.05, 0) is 30.5 Å². The number of benzene rings is 2. The lowest BCUT2D eigenvalue weighted by atomic mass is 10.1. The Kier molecular flexibility index (Phi) is 4.66. The normalized spacial score (nSPS) is 10.1. The Balaban J connectivity index is 2.07. The molecule has 1 N–H and O–H groups in total. The minimum Gasteiger partial charge on any atom is -0.379 e. The number of anilines is 1. The van der Waals surface area contributed by atoms with Crippen molar-refractivity contribution in [1.82, 2.24) is 0 Å². The first-order valence-corrected chi connectivity index (χ1v) is 6.64. The molecule has 2 aromatic rings. The van der Waals surface area contributed by atoms with E-state index in [-0.39, 0.29) is 5.69 Å². The van der Waals surface area contributed by atoms with Gasteiger partial charge in [-0.15, -0.1) is 0 Å². The van der Waals surface area contributed by atoms with E-state index in [0.717, 1.165) is 17.4 Å². The molecule has 0 amide bonds. The highest BCUT2D eigenvalue weighted by molar-refractivity contribution is 5.77. The van der Waals surface area contributed by atoms with E-state index in [0.29, 0.717) is 24.2 Å². The van der Waals surface area contributed by atoms with Crippen molar-refractivity contribution in [3.63, 3.8) is 0 Å². The van der Waals surface area contributed by atoms with Gasteiger partial charge in [-0.2, -0.15) is 0 Å². The molecule has 0 spiro atoms. The van der Waals surface area contributed by atoms with Gasteiger partial charge in [-0.25, -0.2) is 0 Å². The number of nitrogens with zero attached hydrogens (tertiary/aromatic N) is 1. The van der Waals surface area contributed by atoms with Gasteiger partial charge in [0.15, 0.2) is 0 Å². The third kappa shape index (κ3) is 3.66. The predicted molar refractivity (Wildman–Crippen MR) is 81.9 cm³/mol. The van der Waals surface area contributed by atoms with Crippen LogP contribution in [0.5, 0.6) is 0 Å². The molecule has 0 heterocycles. The molecule has 108 valence electrons. The molecule has 0 bridgehead atoms. The smallest absolute Gasteiger partial charge is 0.292 e. The second-order valence-corrected chi connectivity index (χ2v) is 4.77. The second kappa shape index (κ2) is 6.65. The molecule has 0 fully saturated rings. The molecule has 0 radical (unpaired) electrons. The van der Waals surface area contributed by atoms with Crippen LogP contribution < -0.4 is 5.32 Å². The van der Waals surface area contributed by atoms with E-state index in [2.05, 4.69) is 5.32 Å². The summed E-state index contributed by atoms with van der Waals surface area (Å²) in [6.07, 6.45) is 1.45. The topological polar surface area (TPSA) is 72.2 Å². The monoisotopic (exact) mass is 284 g/mol. The largest absolute Gasteiger partial charge is 0.379 e. The van der Waals surface area contributed by atoms with E-state index in [1.165, 1.54) is 0 Å². The number of nitro groups is 1. The molecule has 0 saturated heterocycles. The summed E-state index contributed by atoms with van der Waals surface area (Å²) in [5.74, 6) is 0. The molecule has 0 unspecified atom stereocenters. The van der Waals surface area contributed by atoms with Crippen molar-refractivity contribution in [1.29, 1.82) is 0 Å². The highest BCUT2D eigenvalue weighted by atomic mass is 16.6. The number of aldehydes is 1. The average Bonchev–Trinajstić information content (AvgIpc) is 2.49. The van der Waals surface area contributed by atoms with E-state index in [1.54, 1.807) is 18.2 Å². The maximum absolute atomic E-state index is 11.0. The Morgan fingerprint density at radius 2 is 2.00 bits per heavy atom. The van der Waals surface area contributed by atoms with Crippen molar-refractivity contribution in [2.75, 3.05) is 11.9 Å². The Hall–Kier alpha value is -2.69. The summed E-state index contributed by atoms with van der Waals surface area (Å²) >= 11 is 0. The van der Waals surface area contributed by atoms with Crippen molar-refractivity contribution in [2.45, 2.75) is 13.3 Å². The number of hydrogen-bond donors (Lipinski definition) is 1. The number of rotatable bonds is 6. The first-order valence-electron chi connectivity index (χ1n) is 6.64. The zero-order valence-corrected chi connectivity index (χ0v) is 11.7. The van der Waals surface area contributed by atoms with Gasteiger partial charge in [0, 0.05) is 18.2 Å². The molecular weight excluding hydrogens is 268 g/mol. The first-order chi connectivity index (χ1) is 10.1. The zero-order valence-electron chi connectivity index (χ0n) is 11.7. The molecule has 2 rings (SSSR count). The van der Waals surface area contributed by atoms with Crippen molar-refractivity contribution >= 4 is 17.7 Å². The van der Waals surface area contributed by atoms with Gasteiger partial charge in [-0.3, -0.25) is 14.9 Å². The summed E-state index contributed by atoms with van der Waals surface area (Å²) in [5, 5.41) is 14.1. The van der Waals surface area contributed by atoms with Gasteiger partial charge in [0.1, 0.15) is 12.0 Å². The van der Waals surface area contributed by atoms with Crippen molar-refractivity contribution in [2.24, 2.45) is 0 Å². The van der Waals surface area contributed by atoms with Crippen LogP contribution in [0.25, 0.3) is 0 Å². The third-order valence-corrected chi connectivity index (χ3v) is 3.24. The molecular formula is C16H16N2O3. The number of aryl methyl sites for hydroxylation is 1. The summed E-state index contributed by atoms with van der Waals surface area (Å²) in [5.41, 5.74) is 2.99. The summed E-state index contributed by atoms with van der Waals surface area (Å²) in [6.45, 7) is 2.34. The van der Waals surface area contributed by atoms with E-state index < -0.39 is 4.92 Å². The van der Waals surface area contributed by atoms with E-state index in [1.807, 2.05) is 31.2 Å². The molecule has 2 aromatic carbocycles. The van der Waals surface area contributed by atoms with Crippen LogP contribution in [0.2, 0.25) is 0 Å². The Labute approximate surface area is 122 Å². The number of nitro benzene ring substituents is 1. The van der Waals surface area contributed by atoms with Gasteiger partial charge in [0.25, 0.3) is 5.69 Å². The van der Waals surface area contributed by atoms with Crippen LogP contribution in [0.3, 0.4) is 0 Å². The van der Waals surface area contributed by atoms with Gasteiger partial charge in [0.2, 0.25) is 0 Å². The standard InChI is InChI=1S/C16H16N2O3/c1-12-6-7-15(16(10-12)18(20)21)17-9-8-13-4-2-3-5-14(13)11-19/h2-7,10-11,17H,8-9H2,1H3. The fourth-order valence-corrected chi connectivity index (χ4v) is 2.15. The second-order valence-electron chi connectivity index (χ2n) is 4.77. The molecule has 21 heavy (non-hydrogen) atoms. The van der Waals surface area contributed by atoms with Crippen LogP contribution in [0.1, 0.15) is 21.5 Å². The highest BCUT2D eigenvalue weighted by Crippen LogP contribution is 2.25. The van der Waals surface area contributed by atoms with Gasteiger partial charge < -0.3 is 5.32 Å². The lowest BCUT2D eigenvalue weighted by Gasteiger charge is -2.09. The lowest BCUT2D eigenvalue weighted by molar-refractivity contribution is -0.384. The molecule has 0 atom stereocenters. The maximum Gasteiger partial charge on any atom is 0.292 e. The van der Waals surface area contributed by atoms with Gasteiger partial charge >= 0.3 is 0 Å². The maximum atomic E-state index is 11.0. The van der Waals surface area contributed by atoms with Crippen molar-refractivity contribution in [3.05, 3.63) is 69.3 Å². The van der Waals surface area contributed by atoms with Crippen molar-refractivity contribution < 1.29 is 9.72 Å². The molecule has 5 heteroatoms. The van der Waals surface area contributed by atoms with Crippen molar-refractivity contribution in [3.8, 4) is 0 Å². The fourth-order valence-electron chi connectivity index (χ4n) is 2.15. The summed E-state index contributed by atoms with van der Waals surface area (Å²) in [7, 11) is 0. The molecule has 5 nitrogen and oxygen atoms in total. The van der Waals surface area contributed by atoms with E-state index in [9.17, 15) is 14.9 Å². The Morgan fingerprint density at radius 3 is 2.71 bits per heavy atom. The van der Waals surface area contributed by atoms with E-state index >= 15 is 0 Å². The number of carbonyl (C=O) groups excluding carboxylic acids is 1. The van der Waals surface area contributed by atoms with Gasteiger partial charge in [-0.1, -0.05) is 30.3 Å². The van der Waals surface area contributed by atoms with Crippen LogP contribution in [0.15, 0.2) is 42.5 Å². The quantitative estimate of drug-likeness (QED) is 0.501. The summed E-state index contributed by atoms with van der Waals surface area (Å²) < 4.78 is 0.